The van der Waals surface area contributed by atoms with Crippen LogP contribution in [0.1, 0.15) is 16.1 Å². The van der Waals surface area contributed by atoms with E-state index in [1.807, 2.05) is 0 Å². The molecule has 0 saturated carbocycles. The van der Waals surface area contributed by atoms with Crippen LogP contribution < -0.4 is 5.32 Å². The van der Waals surface area contributed by atoms with Crippen LogP contribution in [0.5, 0.6) is 0 Å². The van der Waals surface area contributed by atoms with Gasteiger partial charge in [0.15, 0.2) is 0 Å². The van der Waals surface area contributed by atoms with Gasteiger partial charge >= 0.3 is 11.9 Å². The van der Waals surface area contributed by atoms with Gasteiger partial charge in [0.1, 0.15) is 6.26 Å². The summed E-state index contributed by atoms with van der Waals surface area (Å²) in [7, 11) is 0. The second-order valence-corrected chi connectivity index (χ2v) is 3.73. The second-order valence-electron chi connectivity index (χ2n) is 3.73. The van der Waals surface area contributed by atoms with E-state index in [1.54, 1.807) is 12.1 Å². The Morgan fingerprint density at radius 3 is 2.79 bits per heavy atom. The molecule has 2 rings (SSSR count). The fraction of sp³-hybridized carbons (Fsp3) is 0.0833. The number of oxazole rings is 1. The number of benzene rings is 1. The molecule has 1 heterocycles. The average molecular weight is 262 g/mol. The lowest BCUT2D eigenvalue weighted by atomic mass is 10.2. The lowest BCUT2D eigenvalue weighted by molar-refractivity contribution is -0.136. The molecule has 0 aliphatic carbocycles. The molecule has 0 atom stereocenters. The standard InChI is InChI=1S/C12H10N2O5/c15-10(16)5-9-6-19-12(14-9)13-8-3-1-2-7(4-8)11(17)18/h1-4,6H,5H2,(H,13,14)(H,15,16)(H,17,18). The van der Waals surface area contributed by atoms with Crippen molar-refractivity contribution >= 4 is 23.6 Å². The molecule has 19 heavy (non-hydrogen) atoms. The molecule has 0 radical (unpaired) electrons. The first-order valence-electron chi connectivity index (χ1n) is 5.31. The number of hydrogen-bond donors (Lipinski definition) is 3. The zero-order valence-corrected chi connectivity index (χ0v) is 9.66. The molecular formula is C12H10N2O5. The maximum atomic E-state index is 10.8. The van der Waals surface area contributed by atoms with Crippen molar-refractivity contribution in [2.75, 3.05) is 5.32 Å². The lowest BCUT2D eigenvalue weighted by Crippen LogP contribution is -2.01. The van der Waals surface area contributed by atoms with Crippen molar-refractivity contribution in [3.63, 3.8) is 0 Å². The highest BCUT2D eigenvalue weighted by Crippen LogP contribution is 2.17. The van der Waals surface area contributed by atoms with Crippen LogP contribution in [0.4, 0.5) is 11.7 Å². The van der Waals surface area contributed by atoms with E-state index in [4.69, 9.17) is 14.6 Å². The Labute approximate surface area is 107 Å². The SMILES string of the molecule is O=C(O)Cc1coc(Nc2cccc(C(=O)O)c2)n1. The molecule has 0 fully saturated rings. The number of anilines is 2. The maximum absolute atomic E-state index is 10.8. The molecule has 3 N–H and O–H groups in total. The van der Waals surface area contributed by atoms with Gasteiger partial charge in [-0.3, -0.25) is 4.79 Å². The molecule has 0 saturated heterocycles. The predicted molar refractivity (Wildman–Crippen MR) is 64.5 cm³/mol. The van der Waals surface area contributed by atoms with E-state index >= 15 is 0 Å². The van der Waals surface area contributed by atoms with Gasteiger partial charge in [-0.25, -0.2) is 4.79 Å². The highest BCUT2D eigenvalue weighted by Gasteiger charge is 2.09. The molecule has 0 aliphatic heterocycles. The van der Waals surface area contributed by atoms with Crippen LogP contribution in [-0.2, 0) is 11.2 Å². The Morgan fingerprint density at radius 1 is 1.32 bits per heavy atom. The summed E-state index contributed by atoms with van der Waals surface area (Å²) >= 11 is 0. The number of carboxylic acids is 2. The topological polar surface area (TPSA) is 113 Å². The quantitative estimate of drug-likeness (QED) is 0.752. The van der Waals surface area contributed by atoms with Crippen LogP contribution in [0.15, 0.2) is 34.9 Å². The smallest absolute Gasteiger partial charge is 0.335 e. The predicted octanol–water partition coefficient (Wildman–Crippen LogP) is 1.74. The van der Waals surface area contributed by atoms with Gasteiger partial charge in [-0.05, 0) is 18.2 Å². The van der Waals surface area contributed by atoms with Crippen LogP contribution in [0.3, 0.4) is 0 Å². The van der Waals surface area contributed by atoms with Gasteiger partial charge in [0.25, 0.3) is 6.01 Å². The van der Waals surface area contributed by atoms with Gasteiger partial charge in [-0.1, -0.05) is 6.07 Å². The van der Waals surface area contributed by atoms with Gasteiger partial charge in [-0.2, -0.15) is 4.98 Å². The molecular weight excluding hydrogens is 252 g/mol. The van der Waals surface area contributed by atoms with Crippen molar-refractivity contribution in [3.8, 4) is 0 Å². The van der Waals surface area contributed by atoms with Crippen molar-refractivity contribution in [2.24, 2.45) is 0 Å². The summed E-state index contributed by atoms with van der Waals surface area (Å²) in [6.45, 7) is 0. The van der Waals surface area contributed by atoms with E-state index in [2.05, 4.69) is 10.3 Å². The Kier molecular flexibility index (Phi) is 3.46. The van der Waals surface area contributed by atoms with Gasteiger partial charge < -0.3 is 19.9 Å². The molecule has 2 aromatic rings. The Balaban J connectivity index is 2.12. The van der Waals surface area contributed by atoms with Crippen molar-refractivity contribution in [2.45, 2.75) is 6.42 Å². The fourth-order valence-corrected chi connectivity index (χ4v) is 1.45. The highest BCUT2D eigenvalue weighted by molar-refractivity contribution is 5.88. The minimum absolute atomic E-state index is 0.110. The molecule has 7 heteroatoms. The summed E-state index contributed by atoms with van der Waals surface area (Å²) in [5.41, 5.74) is 0.898. The van der Waals surface area contributed by atoms with E-state index in [-0.39, 0.29) is 23.7 Å². The molecule has 0 aliphatic rings. The Morgan fingerprint density at radius 2 is 2.11 bits per heavy atom. The molecule has 1 aromatic heterocycles. The van der Waals surface area contributed by atoms with Gasteiger partial charge in [0.2, 0.25) is 0 Å². The van der Waals surface area contributed by atoms with E-state index in [0.717, 1.165) is 0 Å². The number of aromatic nitrogens is 1. The third-order valence-corrected chi connectivity index (χ3v) is 2.24. The van der Waals surface area contributed by atoms with E-state index < -0.39 is 11.9 Å². The third-order valence-electron chi connectivity index (χ3n) is 2.24. The molecule has 0 spiro atoms. The van der Waals surface area contributed by atoms with Gasteiger partial charge in [-0.15, -0.1) is 0 Å². The van der Waals surface area contributed by atoms with Crippen LogP contribution in [0.25, 0.3) is 0 Å². The van der Waals surface area contributed by atoms with Crippen LogP contribution >= 0.6 is 0 Å². The zero-order valence-electron chi connectivity index (χ0n) is 9.66. The van der Waals surface area contributed by atoms with E-state index in [9.17, 15) is 9.59 Å². The van der Waals surface area contributed by atoms with E-state index in [1.165, 1.54) is 18.4 Å². The van der Waals surface area contributed by atoms with E-state index in [0.29, 0.717) is 5.69 Å². The number of hydrogen-bond acceptors (Lipinski definition) is 5. The summed E-state index contributed by atoms with van der Waals surface area (Å²) in [6.07, 6.45) is 0.998. The van der Waals surface area contributed by atoms with Crippen molar-refractivity contribution in [1.82, 2.24) is 4.98 Å². The first-order chi connectivity index (χ1) is 9.04. The van der Waals surface area contributed by atoms with Crippen molar-refractivity contribution < 1.29 is 24.2 Å². The summed E-state index contributed by atoms with van der Waals surface area (Å²) in [6, 6.07) is 6.21. The summed E-state index contributed by atoms with van der Waals surface area (Å²) in [5.74, 6) is -2.05. The zero-order chi connectivity index (χ0) is 13.8. The molecule has 1 aromatic carbocycles. The van der Waals surface area contributed by atoms with Gasteiger partial charge in [0, 0.05) is 5.69 Å². The summed E-state index contributed by atoms with van der Waals surface area (Å²) < 4.78 is 5.04. The van der Waals surface area contributed by atoms with Crippen LogP contribution in [0, 0.1) is 0 Å². The lowest BCUT2D eigenvalue weighted by Gasteiger charge is -2.02. The Bertz CT molecular complexity index is 620. The van der Waals surface area contributed by atoms with Gasteiger partial charge in [0.05, 0.1) is 17.7 Å². The summed E-state index contributed by atoms with van der Waals surface area (Å²) in [5, 5.41) is 20.2. The number of carbonyl (C=O) groups is 2. The monoisotopic (exact) mass is 262 g/mol. The molecule has 98 valence electrons. The molecule has 7 nitrogen and oxygen atoms in total. The third kappa shape index (κ3) is 3.32. The first kappa shape index (κ1) is 12.6. The maximum Gasteiger partial charge on any atom is 0.335 e. The first-order valence-corrected chi connectivity index (χ1v) is 5.31. The minimum Gasteiger partial charge on any atom is -0.481 e. The fourth-order valence-electron chi connectivity index (χ4n) is 1.45. The van der Waals surface area contributed by atoms with Crippen LogP contribution in [-0.4, -0.2) is 27.1 Å². The molecule has 0 bridgehead atoms. The summed E-state index contributed by atoms with van der Waals surface area (Å²) in [4.78, 5) is 25.2. The largest absolute Gasteiger partial charge is 0.481 e. The van der Waals surface area contributed by atoms with Crippen molar-refractivity contribution in [1.29, 1.82) is 0 Å². The second kappa shape index (κ2) is 5.21. The number of aliphatic carboxylic acids is 1. The highest BCUT2D eigenvalue weighted by atomic mass is 16.4. The molecule has 0 unspecified atom stereocenters. The number of rotatable bonds is 5. The number of nitrogens with zero attached hydrogens (tertiary/aromatic N) is 1. The minimum atomic E-state index is -1.04. The molecule has 0 amide bonds. The number of nitrogens with one attached hydrogen (secondary N) is 1. The van der Waals surface area contributed by atoms with Crippen molar-refractivity contribution in [3.05, 3.63) is 41.8 Å². The average Bonchev–Trinajstić information content (AvgIpc) is 2.76. The normalized spacial score (nSPS) is 10.1. The Hall–Kier alpha value is -2.83. The van der Waals surface area contributed by atoms with Crippen LogP contribution in [0.2, 0.25) is 0 Å². The number of carboxylic acid groups (broad SMARTS) is 2. The number of aromatic carboxylic acids is 1.